The molecule has 0 saturated carbocycles. The number of hydrogen-bond donors (Lipinski definition) is 1. The average Bonchev–Trinajstić information content (AvgIpc) is 2.77. The minimum atomic E-state index is -3.50. The van der Waals surface area contributed by atoms with Gasteiger partial charge in [-0.1, -0.05) is 0 Å². The highest BCUT2D eigenvalue weighted by atomic mass is 79.9. The predicted molar refractivity (Wildman–Crippen MR) is 83.6 cm³/mol. The summed E-state index contributed by atoms with van der Waals surface area (Å²) in [4.78, 5) is 1.95. The zero-order chi connectivity index (χ0) is 14.0. The van der Waals surface area contributed by atoms with Gasteiger partial charge >= 0.3 is 0 Å². The summed E-state index contributed by atoms with van der Waals surface area (Å²) in [6.45, 7) is 0. The first kappa shape index (κ1) is 14.4. The Kier molecular flexibility index (Phi) is 4.17. The number of benzene rings is 1. The van der Waals surface area contributed by atoms with Crippen molar-refractivity contribution in [2.24, 2.45) is 0 Å². The van der Waals surface area contributed by atoms with Crippen molar-refractivity contribution in [3.8, 4) is 0 Å². The van der Waals surface area contributed by atoms with Gasteiger partial charge in [-0.3, -0.25) is 4.72 Å². The van der Waals surface area contributed by atoms with Crippen LogP contribution in [0.1, 0.15) is 0 Å². The van der Waals surface area contributed by atoms with Crippen molar-refractivity contribution in [1.82, 2.24) is 0 Å². The molecule has 0 atom stereocenters. The van der Waals surface area contributed by atoms with E-state index in [4.69, 9.17) is 0 Å². The van der Waals surface area contributed by atoms with E-state index in [1.165, 1.54) is 11.3 Å². The number of thiophene rings is 1. The first-order chi connectivity index (χ1) is 8.88. The summed E-state index contributed by atoms with van der Waals surface area (Å²) < 4.78 is 27.8. The molecule has 0 unspecified atom stereocenters. The first-order valence-electron chi connectivity index (χ1n) is 5.43. The van der Waals surface area contributed by atoms with Crippen LogP contribution in [0.25, 0.3) is 0 Å². The van der Waals surface area contributed by atoms with Crippen LogP contribution >= 0.6 is 27.3 Å². The van der Waals surface area contributed by atoms with Gasteiger partial charge in [0.25, 0.3) is 10.0 Å². The van der Waals surface area contributed by atoms with E-state index in [9.17, 15) is 8.42 Å². The van der Waals surface area contributed by atoms with E-state index in [1.807, 2.05) is 31.1 Å². The second-order valence-electron chi connectivity index (χ2n) is 4.13. The van der Waals surface area contributed by atoms with Crippen LogP contribution in [-0.4, -0.2) is 22.5 Å². The molecule has 0 spiro atoms. The second-order valence-corrected chi connectivity index (χ2v) is 7.87. The quantitative estimate of drug-likeness (QED) is 0.908. The van der Waals surface area contributed by atoms with Crippen molar-refractivity contribution in [3.05, 3.63) is 40.2 Å². The lowest BCUT2D eigenvalue weighted by molar-refractivity contribution is 0.603. The molecule has 0 bridgehead atoms. The van der Waals surface area contributed by atoms with Crippen LogP contribution in [0.4, 0.5) is 11.4 Å². The molecule has 19 heavy (non-hydrogen) atoms. The third-order valence-corrected chi connectivity index (χ3v) is 6.03. The third kappa shape index (κ3) is 3.49. The van der Waals surface area contributed by atoms with Gasteiger partial charge in [0.05, 0.1) is 0 Å². The van der Waals surface area contributed by atoms with Crippen molar-refractivity contribution in [2.45, 2.75) is 4.21 Å². The Bertz CT molecular complexity index is 663. The molecule has 1 N–H and O–H groups in total. The monoisotopic (exact) mass is 360 g/mol. The van der Waals surface area contributed by atoms with Crippen LogP contribution < -0.4 is 9.62 Å². The van der Waals surface area contributed by atoms with Gasteiger partial charge in [0.2, 0.25) is 0 Å². The lowest BCUT2D eigenvalue weighted by Crippen LogP contribution is -2.12. The number of nitrogens with one attached hydrogen (secondary N) is 1. The Labute approximate surface area is 125 Å². The smallest absolute Gasteiger partial charge is 0.271 e. The van der Waals surface area contributed by atoms with Gasteiger partial charge in [-0.25, -0.2) is 8.42 Å². The van der Waals surface area contributed by atoms with Gasteiger partial charge < -0.3 is 4.90 Å². The molecule has 4 nitrogen and oxygen atoms in total. The second kappa shape index (κ2) is 5.52. The summed E-state index contributed by atoms with van der Waals surface area (Å²) in [5.41, 5.74) is 1.57. The highest BCUT2D eigenvalue weighted by Gasteiger charge is 2.16. The molecule has 1 heterocycles. The van der Waals surface area contributed by atoms with Gasteiger partial charge in [0, 0.05) is 35.3 Å². The van der Waals surface area contributed by atoms with Crippen LogP contribution in [0, 0.1) is 0 Å². The topological polar surface area (TPSA) is 49.4 Å². The SMILES string of the molecule is CN(C)c1ccc(NS(=O)(=O)c2cc(Br)cs2)cc1. The summed E-state index contributed by atoms with van der Waals surface area (Å²) in [5, 5.41) is 1.74. The van der Waals surface area contributed by atoms with Gasteiger partial charge in [-0.15, -0.1) is 11.3 Å². The minimum absolute atomic E-state index is 0.288. The largest absolute Gasteiger partial charge is 0.378 e. The maximum absolute atomic E-state index is 12.1. The van der Waals surface area contributed by atoms with Crippen molar-refractivity contribution < 1.29 is 8.42 Å². The predicted octanol–water partition coefficient (Wildman–Crippen LogP) is 3.38. The van der Waals surface area contributed by atoms with Crippen LogP contribution in [-0.2, 0) is 10.0 Å². The molecule has 102 valence electrons. The number of nitrogens with zero attached hydrogens (tertiary/aromatic N) is 1. The van der Waals surface area contributed by atoms with Crippen LogP contribution in [0.2, 0.25) is 0 Å². The standard InChI is InChI=1S/C12H13BrN2O2S2/c1-15(2)11-5-3-10(4-6-11)14-19(16,17)12-7-9(13)8-18-12/h3-8,14H,1-2H3. The molecule has 2 rings (SSSR count). The summed E-state index contributed by atoms with van der Waals surface area (Å²) in [5.74, 6) is 0. The number of halogens is 1. The number of anilines is 2. The zero-order valence-electron chi connectivity index (χ0n) is 10.4. The fourth-order valence-electron chi connectivity index (χ4n) is 1.47. The summed E-state index contributed by atoms with van der Waals surface area (Å²) >= 11 is 4.43. The van der Waals surface area contributed by atoms with Crippen LogP contribution in [0.3, 0.4) is 0 Å². The van der Waals surface area contributed by atoms with E-state index >= 15 is 0 Å². The molecule has 0 radical (unpaired) electrons. The molecule has 0 aliphatic rings. The van der Waals surface area contributed by atoms with E-state index in [0.29, 0.717) is 5.69 Å². The summed E-state index contributed by atoms with van der Waals surface area (Å²) in [6, 6.07) is 8.80. The maximum Gasteiger partial charge on any atom is 0.271 e. The van der Waals surface area contributed by atoms with E-state index in [1.54, 1.807) is 23.6 Å². The molecule has 0 aliphatic carbocycles. The fourth-order valence-corrected chi connectivity index (χ4v) is 4.38. The Hall–Kier alpha value is -1.05. The normalized spacial score (nSPS) is 11.3. The van der Waals surface area contributed by atoms with Crippen molar-refractivity contribution >= 4 is 48.7 Å². The molecule has 2 aromatic rings. The van der Waals surface area contributed by atoms with E-state index in [0.717, 1.165) is 10.2 Å². The number of hydrogen-bond acceptors (Lipinski definition) is 4. The van der Waals surface area contributed by atoms with Crippen LogP contribution in [0.5, 0.6) is 0 Å². The van der Waals surface area contributed by atoms with Gasteiger partial charge in [-0.2, -0.15) is 0 Å². The lowest BCUT2D eigenvalue weighted by Gasteiger charge is -2.13. The molecular formula is C12H13BrN2O2S2. The van der Waals surface area contributed by atoms with Gasteiger partial charge in [-0.05, 0) is 46.3 Å². The van der Waals surface area contributed by atoms with E-state index in [2.05, 4.69) is 20.7 Å². The van der Waals surface area contributed by atoms with E-state index < -0.39 is 10.0 Å². The zero-order valence-corrected chi connectivity index (χ0v) is 13.6. The first-order valence-corrected chi connectivity index (χ1v) is 8.58. The van der Waals surface area contributed by atoms with Crippen molar-refractivity contribution in [3.63, 3.8) is 0 Å². The molecule has 0 aliphatic heterocycles. The van der Waals surface area contributed by atoms with Crippen LogP contribution in [0.15, 0.2) is 44.4 Å². The fraction of sp³-hybridized carbons (Fsp3) is 0.167. The molecule has 0 amide bonds. The van der Waals surface area contributed by atoms with Gasteiger partial charge in [0.15, 0.2) is 0 Å². The summed E-state index contributed by atoms with van der Waals surface area (Å²) in [6.07, 6.45) is 0. The highest BCUT2D eigenvalue weighted by Crippen LogP contribution is 2.26. The highest BCUT2D eigenvalue weighted by molar-refractivity contribution is 9.10. The number of rotatable bonds is 4. The molecule has 0 fully saturated rings. The molecule has 0 saturated heterocycles. The Balaban J connectivity index is 2.21. The van der Waals surface area contributed by atoms with E-state index in [-0.39, 0.29) is 4.21 Å². The van der Waals surface area contributed by atoms with Crippen molar-refractivity contribution in [1.29, 1.82) is 0 Å². The minimum Gasteiger partial charge on any atom is -0.378 e. The third-order valence-electron chi connectivity index (χ3n) is 2.44. The molecule has 1 aromatic heterocycles. The Morgan fingerprint density at radius 3 is 2.32 bits per heavy atom. The average molecular weight is 361 g/mol. The van der Waals surface area contributed by atoms with Crippen molar-refractivity contribution in [2.75, 3.05) is 23.7 Å². The Morgan fingerprint density at radius 1 is 1.21 bits per heavy atom. The Morgan fingerprint density at radius 2 is 1.84 bits per heavy atom. The van der Waals surface area contributed by atoms with Gasteiger partial charge in [0.1, 0.15) is 4.21 Å². The lowest BCUT2D eigenvalue weighted by atomic mass is 10.3. The maximum atomic E-state index is 12.1. The molecule has 1 aromatic carbocycles. The molecular weight excluding hydrogens is 348 g/mol. The summed E-state index contributed by atoms with van der Waals surface area (Å²) in [7, 11) is 0.365. The molecule has 7 heteroatoms. The number of sulfonamides is 1.